The molecule has 0 spiro atoms. The number of anilines is 2. The number of hydrogen-bond donors (Lipinski definition) is 4. The maximum absolute atomic E-state index is 13.5. The fraction of sp³-hybridized carbons (Fsp3) is 0.480. The maximum Gasteiger partial charge on any atom is 0.407 e. The average Bonchev–Trinajstić information content (AvgIpc) is 3.31. The first-order valence-corrected chi connectivity index (χ1v) is 13.4. The normalized spacial score (nSPS) is 17.8. The lowest BCUT2D eigenvalue weighted by molar-refractivity contribution is 0.0644. The number of carbonyl (C=O) groups excluding carboxylic acids is 1. The van der Waals surface area contributed by atoms with Crippen molar-refractivity contribution in [3.05, 3.63) is 54.1 Å². The van der Waals surface area contributed by atoms with Gasteiger partial charge in [0.2, 0.25) is 10.0 Å². The molecule has 2 aromatic carbocycles. The Hall–Kier alpha value is -2.86. The number of amides is 1. The van der Waals surface area contributed by atoms with Gasteiger partial charge in [-0.05, 0) is 36.1 Å². The zero-order valence-corrected chi connectivity index (χ0v) is 21.5. The number of nitrogen functional groups attached to an aromatic ring is 2. The van der Waals surface area contributed by atoms with E-state index in [0.29, 0.717) is 25.3 Å². The van der Waals surface area contributed by atoms with Crippen LogP contribution >= 0.6 is 0 Å². The van der Waals surface area contributed by atoms with E-state index in [0.717, 1.165) is 5.56 Å². The van der Waals surface area contributed by atoms with Gasteiger partial charge in [0.1, 0.15) is 11.0 Å². The largest absolute Gasteiger partial charge is 0.444 e. The molecular weight excluding hydrogens is 484 g/mol. The number of rotatable bonds is 11. The molecule has 1 amide bonds. The Morgan fingerprint density at radius 1 is 1.19 bits per heavy atom. The lowest BCUT2D eigenvalue weighted by Gasteiger charge is -2.31. The van der Waals surface area contributed by atoms with Gasteiger partial charge in [-0.2, -0.15) is 4.31 Å². The second-order valence-corrected chi connectivity index (χ2v) is 11.3. The molecule has 1 fully saturated rings. The van der Waals surface area contributed by atoms with E-state index in [9.17, 15) is 18.3 Å². The van der Waals surface area contributed by atoms with E-state index in [-0.39, 0.29) is 42.1 Å². The topological polar surface area (TPSA) is 157 Å². The molecule has 0 radical (unpaired) electrons. The molecule has 0 saturated carbocycles. The van der Waals surface area contributed by atoms with Crippen LogP contribution in [0, 0.1) is 5.92 Å². The molecule has 36 heavy (non-hydrogen) atoms. The van der Waals surface area contributed by atoms with Gasteiger partial charge in [0.05, 0.1) is 31.0 Å². The standard InChI is InChI=1S/C25H36N4O6S/c1-17(2)14-29(36(32,33)24-9-8-19(26)13-21(24)27)15-23(30)22(12-18-6-4-3-5-7-18)28-25(31)35-20-10-11-34-16-20/h3-9,13,17,20,22-23,30H,10-12,14-16,26-27H2,1-2H3,(H,28,31)/t20-,22?,23-/m0/s1. The molecule has 198 valence electrons. The lowest BCUT2D eigenvalue weighted by atomic mass is 10.0. The van der Waals surface area contributed by atoms with Crippen LogP contribution in [-0.2, 0) is 25.9 Å². The van der Waals surface area contributed by atoms with Crippen LogP contribution in [0.2, 0.25) is 0 Å². The summed E-state index contributed by atoms with van der Waals surface area (Å²) in [6, 6.07) is 12.7. The Kier molecular flexibility index (Phi) is 9.55. The first-order valence-electron chi connectivity index (χ1n) is 12.0. The quantitative estimate of drug-likeness (QED) is 0.328. The number of sulfonamides is 1. The first kappa shape index (κ1) is 27.7. The van der Waals surface area contributed by atoms with E-state index < -0.39 is 28.3 Å². The number of nitrogens with two attached hydrogens (primary N) is 2. The second kappa shape index (κ2) is 12.4. The highest BCUT2D eigenvalue weighted by Crippen LogP contribution is 2.26. The summed E-state index contributed by atoms with van der Waals surface area (Å²) in [5.41, 5.74) is 13.0. The number of hydrogen-bond acceptors (Lipinski definition) is 8. The molecule has 11 heteroatoms. The Labute approximate surface area is 212 Å². The van der Waals surface area contributed by atoms with Gasteiger partial charge < -0.3 is 31.4 Å². The van der Waals surface area contributed by atoms with Crippen molar-refractivity contribution in [2.45, 2.75) is 49.8 Å². The highest BCUT2D eigenvalue weighted by atomic mass is 32.2. The smallest absolute Gasteiger partial charge is 0.407 e. The van der Waals surface area contributed by atoms with Crippen LogP contribution in [0.15, 0.2) is 53.4 Å². The molecule has 1 heterocycles. The minimum atomic E-state index is -4.06. The van der Waals surface area contributed by atoms with Gasteiger partial charge in [-0.25, -0.2) is 13.2 Å². The molecule has 1 saturated heterocycles. The number of ether oxygens (including phenoxy) is 2. The molecule has 0 aliphatic carbocycles. The molecule has 3 atom stereocenters. The van der Waals surface area contributed by atoms with E-state index in [4.69, 9.17) is 20.9 Å². The van der Waals surface area contributed by atoms with E-state index in [1.54, 1.807) is 0 Å². The Morgan fingerprint density at radius 2 is 1.92 bits per heavy atom. The number of alkyl carbamates (subject to hydrolysis) is 1. The fourth-order valence-electron chi connectivity index (χ4n) is 4.05. The summed E-state index contributed by atoms with van der Waals surface area (Å²) in [5.74, 6) is -0.0326. The van der Waals surface area contributed by atoms with Crippen molar-refractivity contribution < 1.29 is 27.8 Å². The maximum atomic E-state index is 13.5. The zero-order valence-electron chi connectivity index (χ0n) is 20.7. The Morgan fingerprint density at radius 3 is 2.53 bits per heavy atom. The lowest BCUT2D eigenvalue weighted by Crippen LogP contribution is -2.51. The van der Waals surface area contributed by atoms with Gasteiger partial charge in [-0.3, -0.25) is 0 Å². The number of carbonyl (C=O) groups is 1. The van der Waals surface area contributed by atoms with E-state index in [1.165, 1.54) is 22.5 Å². The molecule has 10 nitrogen and oxygen atoms in total. The molecule has 3 rings (SSSR count). The van der Waals surface area contributed by atoms with Crippen LogP contribution in [0.5, 0.6) is 0 Å². The van der Waals surface area contributed by atoms with Crippen molar-refractivity contribution in [2.24, 2.45) is 5.92 Å². The molecule has 2 aromatic rings. The summed E-state index contributed by atoms with van der Waals surface area (Å²) in [6.45, 7) is 4.48. The fourth-order valence-corrected chi connectivity index (χ4v) is 5.77. The van der Waals surface area contributed by atoms with Crippen molar-refractivity contribution in [3.63, 3.8) is 0 Å². The summed E-state index contributed by atoms with van der Waals surface area (Å²) < 4.78 is 38.9. The van der Waals surface area contributed by atoms with Gasteiger partial charge in [0, 0.05) is 25.2 Å². The van der Waals surface area contributed by atoms with Crippen LogP contribution in [-0.4, -0.2) is 68.5 Å². The van der Waals surface area contributed by atoms with E-state index >= 15 is 0 Å². The molecule has 6 N–H and O–H groups in total. The predicted octanol–water partition coefficient (Wildman–Crippen LogP) is 1.99. The van der Waals surface area contributed by atoms with Gasteiger partial charge in [-0.1, -0.05) is 44.2 Å². The van der Waals surface area contributed by atoms with Crippen molar-refractivity contribution in [2.75, 3.05) is 37.8 Å². The van der Waals surface area contributed by atoms with Gasteiger partial charge >= 0.3 is 6.09 Å². The number of nitrogens with zero attached hydrogens (tertiary/aromatic N) is 1. The molecule has 0 aromatic heterocycles. The molecule has 1 aliphatic rings. The van der Waals surface area contributed by atoms with Crippen LogP contribution < -0.4 is 16.8 Å². The van der Waals surface area contributed by atoms with Crippen molar-refractivity contribution in [3.8, 4) is 0 Å². The highest BCUT2D eigenvalue weighted by Gasteiger charge is 2.33. The van der Waals surface area contributed by atoms with Crippen LogP contribution in [0.3, 0.4) is 0 Å². The minimum Gasteiger partial charge on any atom is -0.444 e. The molecule has 1 aliphatic heterocycles. The highest BCUT2D eigenvalue weighted by molar-refractivity contribution is 7.89. The molecule has 0 bridgehead atoms. The van der Waals surface area contributed by atoms with E-state index in [2.05, 4.69) is 5.32 Å². The second-order valence-electron chi connectivity index (χ2n) is 9.41. The van der Waals surface area contributed by atoms with Crippen molar-refractivity contribution in [1.29, 1.82) is 0 Å². The monoisotopic (exact) mass is 520 g/mol. The van der Waals surface area contributed by atoms with Crippen molar-refractivity contribution >= 4 is 27.5 Å². The first-order chi connectivity index (χ1) is 17.1. The number of nitrogens with one attached hydrogen (secondary N) is 1. The third-order valence-electron chi connectivity index (χ3n) is 5.84. The third kappa shape index (κ3) is 7.57. The Balaban J connectivity index is 1.83. The summed E-state index contributed by atoms with van der Waals surface area (Å²) in [7, 11) is -4.06. The van der Waals surface area contributed by atoms with Crippen molar-refractivity contribution in [1.82, 2.24) is 9.62 Å². The molecule has 1 unspecified atom stereocenters. The van der Waals surface area contributed by atoms with Crippen LogP contribution in [0.25, 0.3) is 0 Å². The summed E-state index contributed by atoms with van der Waals surface area (Å²) >= 11 is 0. The third-order valence-corrected chi connectivity index (χ3v) is 7.74. The predicted molar refractivity (Wildman–Crippen MR) is 138 cm³/mol. The number of aliphatic hydroxyl groups is 1. The zero-order chi connectivity index (χ0) is 26.3. The summed E-state index contributed by atoms with van der Waals surface area (Å²) in [5, 5.41) is 14.0. The Bertz CT molecular complexity index is 1110. The summed E-state index contributed by atoms with van der Waals surface area (Å²) in [6.07, 6.45) is -1.40. The minimum absolute atomic E-state index is 0.0274. The van der Waals surface area contributed by atoms with Gasteiger partial charge in [0.25, 0.3) is 0 Å². The van der Waals surface area contributed by atoms with Gasteiger partial charge in [0.15, 0.2) is 0 Å². The van der Waals surface area contributed by atoms with Gasteiger partial charge in [-0.15, -0.1) is 0 Å². The van der Waals surface area contributed by atoms with Crippen LogP contribution in [0.4, 0.5) is 16.2 Å². The number of benzene rings is 2. The molecular formula is C25H36N4O6S. The number of aliphatic hydroxyl groups excluding tert-OH is 1. The summed E-state index contributed by atoms with van der Waals surface area (Å²) in [4.78, 5) is 12.5. The van der Waals surface area contributed by atoms with E-state index in [1.807, 2.05) is 44.2 Å². The SMILES string of the molecule is CC(C)CN(C[C@H](O)C(Cc1ccccc1)NC(=O)O[C@H]1CCOC1)S(=O)(=O)c1ccc(N)cc1N. The van der Waals surface area contributed by atoms with Crippen LogP contribution in [0.1, 0.15) is 25.8 Å². The average molecular weight is 521 g/mol.